The molecule has 0 bridgehead atoms. The minimum atomic E-state index is -1.05. The predicted molar refractivity (Wildman–Crippen MR) is 370 cm³/mol. The van der Waals surface area contributed by atoms with Crippen LogP contribution in [-0.4, -0.2) is 91.5 Å². The molecule has 12 rings (SSSR count). The number of pyridine rings is 2. The third-order valence-electron chi connectivity index (χ3n) is 23.6. The summed E-state index contributed by atoms with van der Waals surface area (Å²) in [5.74, 6) is 1.51. The van der Waals surface area contributed by atoms with Crippen LogP contribution in [0.5, 0.6) is 0 Å². The van der Waals surface area contributed by atoms with Gasteiger partial charge in [-0.05, 0) is 213 Å². The average Bonchev–Trinajstić information content (AvgIpc) is 1.69. The van der Waals surface area contributed by atoms with Gasteiger partial charge >= 0.3 is 23.9 Å². The molecule has 2 aromatic heterocycles. The van der Waals surface area contributed by atoms with E-state index in [-0.39, 0.29) is 110 Å². The summed E-state index contributed by atoms with van der Waals surface area (Å²) in [4.78, 5) is 87.6. The van der Waals surface area contributed by atoms with Crippen LogP contribution in [-0.2, 0) is 56.1 Å². The van der Waals surface area contributed by atoms with Gasteiger partial charge in [0.05, 0.1) is 0 Å². The van der Waals surface area contributed by atoms with E-state index >= 15 is 0 Å². The summed E-state index contributed by atoms with van der Waals surface area (Å²) in [5.41, 5.74) is 10.4. The van der Waals surface area contributed by atoms with E-state index in [1.165, 1.54) is 68.9 Å². The lowest BCUT2D eigenvalue weighted by atomic mass is 9.47. The van der Waals surface area contributed by atoms with Gasteiger partial charge in [-0.3, -0.25) is 38.7 Å². The maximum Gasteiger partial charge on any atom is 0.326 e. The first kappa shape index (κ1) is 70.3. The van der Waals surface area contributed by atoms with Crippen molar-refractivity contribution in [2.45, 2.75) is 208 Å². The summed E-state index contributed by atoms with van der Waals surface area (Å²) in [5, 5.41) is 9.30. The number of carboxylic acids is 1. The number of carbonyl (C=O) groups is 6. The van der Waals surface area contributed by atoms with Crippen molar-refractivity contribution in [1.29, 1.82) is 0 Å². The Kier molecular flexibility index (Phi) is 22.1. The number of nitrogens with zero attached hydrogens (tertiary/aromatic N) is 4. The standard InChI is InChI=1S/C42H54N2O5.C38H46N2O5.CH3/c1-40(2,3)49-39(47)28-44(27-29-11-7-6-8-12-29)37(45)14-9-15-38(46)48-32-20-22-41(4)31(25-32)16-17-33-35-19-18-34(30-13-10-24-43-26-30)42(35,5)23-21-36(33)41;1-37-19-17-29(45-36(44)12-6-11-34(41)40(25-35(42)43)24-26-8-4-3-5-9-26)22-28(37)13-14-30-32-16-15-31(27-10-7-21-39-23-27)38(32,2)20-18-33(30)37;/h6-8,10-13,16,18,24,26,32-33,35-36H,9,14-15,17,19-23,25,27-28H2,1-5H3;3-5,7-10,13,15,21,23,29-30,32-33H,6,11-12,14,16-20,22,24-25H2,1-2H3,(H,42,43);1H3/q;;-1/t32-,33-,35-,36-,41-,42+;29-,30-,32-,33-,37-,38+;/m00./s1. The van der Waals surface area contributed by atoms with Gasteiger partial charge < -0.3 is 36.5 Å². The number of benzene rings is 2. The van der Waals surface area contributed by atoms with Crippen LogP contribution in [0, 0.1) is 64.6 Å². The summed E-state index contributed by atoms with van der Waals surface area (Å²) in [7, 11) is 0. The van der Waals surface area contributed by atoms with Crippen molar-refractivity contribution in [2.24, 2.45) is 57.2 Å². The highest BCUT2D eigenvalue weighted by atomic mass is 16.6. The second kappa shape index (κ2) is 29.9. The van der Waals surface area contributed by atoms with E-state index < -0.39 is 17.5 Å². The monoisotopic (exact) mass is 1290 g/mol. The SMILES string of the molecule is CC(C)(C)OC(=O)CN(Cc1ccccc1)C(=O)CCCC(=O)O[C@H]1CC[C@@]2(C)C(=CC[C@@H]3[C@@H]2CC[C@]2(C)C(c4cccnc4)=CC[C@@H]32)C1.C[C@]12CC[C@H](OC(=O)CCCC(=O)N(CC(=O)O)Cc3ccccc3)CC1=CC[C@@H]1[C@@H]2CC[C@]2(C)C(c3cccnc3)=CC[C@@H]12.[CH3-]. The maximum atomic E-state index is 13.3. The molecule has 2 aromatic carbocycles. The van der Waals surface area contributed by atoms with E-state index in [0.717, 1.165) is 75.3 Å². The number of carboxylic acid groups (broad SMARTS) is 1. The minimum Gasteiger partial charge on any atom is -0.480 e. The van der Waals surface area contributed by atoms with E-state index in [2.05, 4.69) is 80.2 Å². The molecule has 1 N–H and O–H groups in total. The van der Waals surface area contributed by atoms with Crippen LogP contribution >= 0.6 is 0 Å². The molecule has 2 amide bonds. The first-order valence-corrected chi connectivity index (χ1v) is 35.1. The molecule has 4 fully saturated rings. The normalized spacial score (nSPS) is 29.3. The van der Waals surface area contributed by atoms with Gasteiger partial charge in [-0.2, -0.15) is 0 Å². The Morgan fingerprint density at radius 3 is 1.33 bits per heavy atom. The smallest absolute Gasteiger partial charge is 0.326 e. The van der Waals surface area contributed by atoms with Gasteiger partial charge in [-0.1, -0.05) is 136 Å². The van der Waals surface area contributed by atoms with Crippen molar-refractivity contribution in [1.82, 2.24) is 19.8 Å². The van der Waals surface area contributed by atoms with E-state index in [4.69, 9.17) is 14.2 Å². The Hall–Kier alpha value is -7.48. The molecule has 0 radical (unpaired) electrons. The van der Waals surface area contributed by atoms with Crippen LogP contribution in [0.4, 0.5) is 0 Å². The van der Waals surface area contributed by atoms with Crippen LogP contribution in [0.1, 0.15) is 199 Å². The van der Waals surface area contributed by atoms with E-state index in [1.807, 2.05) is 112 Å². The first-order chi connectivity index (χ1) is 45.0. The Balaban J connectivity index is 0.000000206. The van der Waals surface area contributed by atoms with E-state index in [9.17, 15) is 33.9 Å². The molecule has 508 valence electrons. The summed E-state index contributed by atoms with van der Waals surface area (Å²) in [6.45, 7) is 15.4. The van der Waals surface area contributed by atoms with Gasteiger partial charge in [0.2, 0.25) is 11.8 Å². The maximum absolute atomic E-state index is 13.3. The molecule has 4 aromatic rings. The van der Waals surface area contributed by atoms with Crippen molar-refractivity contribution in [3.05, 3.63) is 175 Å². The fraction of sp³-hybridized carbons (Fsp3) is 0.543. The molecule has 8 aliphatic carbocycles. The zero-order valence-corrected chi connectivity index (χ0v) is 57.7. The predicted octanol–water partition coefficient (Wildman–Crippen LogP) is 16.2. The number of rotatable bonds is 20. The molecule has 0 saturated heterocycles. The fourth-order valence-corrected chi connectivity index (χ4v) is 18.9. The van der Waals surface area contributed by atoms with Gasteiger partial charge in [0, 0.05) is 76.4 Å². The van der Waals surface area contributed by atoms with Gasteiger partial charge in [0.25, 0.3) is 0 Å². The van der Waals surface area contributed by atoms with Crippen LogP contribution in [0.25, 0.3) is 11.1 Å². The van der Waals surface area contributed by atoms with Crippen LogP contribution in [0.3, 0.4) is 0 Å². The number of fused-ring (bicyclic) bond motifs is 10. The number of esters is 3. The topological polar surface area (TPSA) is 183 Å². The third kappa shape index (κ3) is 15.8. The summed E-state index contributed by atoms with van der Waals surface area (Å²) >= 11 is 0. The highest BCUT2D eigenvalue weighted by Crippen LogP contribution is 2.68. The molecule has 14 heteroatoms. The first-order valence-electron chi connectivity index (χ1n) is 35.1. The number of allylic oxidation sites excluding steroid dienone is 6. The highest BCUT2D eigenvalue weighted by molar-refractivity contribution is 5.83. The average molecular weight is 1290 g/mol. The summed E-state index contributed by atoms with van der Waals surface area (Å²) in [6, 6.07) is 27.5. The van der Waals surface area contributed by atoms with E-state index in [0.29, 0.717) is 54.9 Å². The fourth-order valence-electron chi connectivity index (χ4n) is 18.9. The van der Waals surface area contributed by atoms with Gasteiger partial charge in [-0.25, -0.2) is 0 Å². The van der Waals surface area contributed by atoms with Gasteiger partial charge in [-0.15, -0.1) is 0 Å². The van der Waals surface area contributed by atoms with Crippen molar-refractivity contribution < 1.29 is 48.1 Å². The highest BCUT2D eigenvalue weighted by Gasteiger charge is 2.59. The molecule has 2 heterocycles. The molecular weight excluding hydrogens is 1190 g/mol. The summed E-state index contributed by atoms with van der Waals surface area (Å²) in [6.07, 6.45) is 33.6. The molecule has 4 saturated carbocycles. The van der Waals surface area contributed by atoms with Crippen LogP contribution < -0.4 is 0 Å². The second-order valence-corrected chi connectivity index (χ2v) is 30.5. The number of ether oxygens (including phenoxy) is 3. The minimum absolute atomic E-state index is 0. The number of hydrogen-bond acceptors (Lipinski definition) is 11. The zero-order chi connectivity index (χ0) is 66.4. The zero-order valence-electron chi connectivity index (χ0n) is 57.7. The molecule has 12 atom stereocenters. The number of aliphatic carboxylic acids is 1. The number of hydrogen-bond donors (Lipinski definition) is 1. The van der Waals surface area contributed by atoms with Crippen molar-refractivity contribution in [2.75, 3.05) is 13.1 Å². The molecule has 8 aliphatic rings. The lowest BCUT2D eigenvalue weighted by molar-refractivity contribution is -0.159. The second-order valence-electron chi connectivity index (χ2n) is 30.5. The van der Waals surface area contributed by atoms with E-state index in [1.54, 1.807) is 0 Å². The van der Waals surface area contributed by atoms with Gasteiger partial charge in [0.1, 0.15) is 30.9 Å². The Labute approximate surface area is 564 Å². The van der Waals surface area contributed by atoms with Crippen LogP contribution in [0.15, 0.2) is 145 Å². The van der Waals surface area contributed by atoms with Crippen LogP contribution in [0.2, 0.25) is 0 Å². The van der Waals surface area contributed by atoms with Gasteiger partial charge in [0.15, 0.2) is 0 Å². The van der Waals surface area contributed by atoms with Crippen molar-refractivity contribution in [3.8, 4) is 0 Å². The Morgan fingerprint density at radius 1 is 0.505 bits per heavy atom. The lowest BCUT2D eigenvalue weighted by Crippen LogP contribution is -2.50. The molecule has 14 nitrogen and oxygen atoms in total. The molecular formula is C81H103N4O10-. The Morgan fingerprint density at radius 2 is 0.926 bits per heavy atom. The van der Waals surface area contributed by atoms with Crippen molar-refractivity contribution >= 4 is 46.8 Å². The molecule has 0 spiro atoms. The molecule has 95 heavy (non-hydrogen) atoms. The lowest BCUT2D eigenvalue weighted by Gasteiger charge is -2.57. The molecule has 0 unspecified atom stereocenters. The van der Waals surface area contributed by atoms with Crippen molar-refractivity contribution in [3.63, 3.8) is 0 Å². The number of aromatic nitrogens is 2. The Bertz CT molecular complexity index is 3510. The largest absolute Gasteiger partial charge is 0.480 e. The molecule has 0 aliphatic heterocycles. The number of carbonyl (C=O) groups excluding carboxylic acids is 5. The number of amides is 2. The quantitative estimate of drug-likeness (QED) is 0.0383. The summed E-state index contributed by atoms with van der Waals surface area (Å²) < 4.78 is 17.5. The third-order valence-corrected chi connectivity index (χ3v) is 23.6.